The molecular formula is C12H10N4O. The summed E-state index contributed by atoms with van der Waals surface area (Å²) in [5.41, 5.74) is 10.5. The molecule has 0 saturated heterocycles. The van der Waals surface area contributed by atoms with Crippen LogP contribution in [0.25, 0.3) is 21.5 Å². The van der Waals surface area contributed by atoms with E-state index in [9.17, 15) is 0 Å². The highest BCUT2D eigenvalue weighted by Crippen LogP contribution is 2.16. The Hall–Kier alpha value is -2.44. The number of rotatable bonds is 2. The van der Waals surface area contributed by atoms with Crippen molar-refractivity contribution in [1.29, 1.82) is 0 Å². The fourth-order valence-corrected chi connectivity index (χ4v) is 1.43. The van der Waals surface area contributed by atoms with Crippen LogP contribution in [-0.2, 0) is 0 Å². The topological polar surface area (TPSA) is 74.8 Å². The summed E-state index contributed by atoms with van der Waals surface area (Å²) < 4.78 is 5.41. The Morgan fingerprint density at radius 2 is 2.41 bits per heavy atom. The molecule has 1 heterocycles. The molecule has 0 fully saturated rings. The standard InChI is InChI=1S/C12H10N4O/c1-9-15-11-6-5-10(8-12(11)17-9)4-2-3-7-14-16-13/h5-6,8H,3,7H2,1H3. The van der Waals surface area contributed by atoms with Crippen LogP contribution in [0.2, 0.25) is 0 Å². The minimum Gasteiger partial charge on any atom is -0.441 e. The van der Waals surface area contributed by atoms with Gasteiger partial charge in [0.1, 0.15) is 5.52 Å². The molecule has 0 aliphatic rings. The van der Waals surface area contributed by atoms with Gasteiger partial charge in [-0.15, -0.1) is 0 Å². The van der Waals surface area contributed by atoms with Gasteiger partial charge in [-0.05, 0) is 23.7 Å². The lowest BCUT2D eigenvalue weighted by Crippen LogP contribution is -1.76. The SMILES string of the molecule is Cc1nc2ccc(C#CCCN=[N+]=[N-])cc2o1. The predicted octanol–water partition coefficient (Wildman–Crippen LogP) is 3.19. The van der Waals surface area contributed by atoms with Crippen LogP contribution in [0.3, 0.4) is 0 Å². The molecule has 0 spiro atoms. The Labute approximate surface area is 98.1 Å². The zero-order chi connectivity index (χ0) is 12.1. The van der Waals surface area contributed by atoms with E-state index in [1.807, 2.05) is 25.1 Å². The number of aromatic nitrogens is 1. The first kappa shape index (κ1) is 11.1. The molecule has 0 saturated carbocycles. The average Bonchev–Trinajstić information content (AvgIpc) is 2.68. The van der Waals surface area contributed by atoms with Crippen molar-refractivity contribution in [3.05, 3.63) is 40.1 Å². The summed E-state index contributed by atoms with van der Waals surface area (Å²) >= 11 is 0. The van der Waals surface area contributed by atoms with Gasteiger partial charge in [0.15, 0.2) is 11.5 Å². The van der Waals surface area contributed by atoms with E-state index >= 15 is 0 Å². The lowest BCUT2D eigenvalue weighted by molar-refractivity contribution is 0.561. The summed E-state index contributed by atoms with van der Waals surface area (Å²) in [6, 6.07) is 5.63. The van der Waals surface area contributed by atoms with Gasteiger partial charge < -0.3 is 4.42 Å². The maximum Gasteiger partial charge on any atom is 0.192 e. The average molecular weight is 226 g/mol. The molecule has 2 rings (SSSR count). The highest BCUT2D eigenvalue weighted by Gasteiger charge is 2.01. The molecule has 2 aromatic rings. The summed E-state index contributed by atoms with van der Waals surface area (Å²) in [5, 5.41) is 3.41. The number of azide groups is 1. The van der Waals surface area contributed by atoms with Crippen molar-refractivity contribution in [2.75, 3.05) is 6.54 Å². The molecule has 1 aromatic heterocycles. The Morgan fingerprint density at radius 3 is 3.24 bits per heavy atom. The molecule has 0 amide bonds. The predicted molar refractivity (Wildman–Crippen MR) is 64.3 cm³/mol. The van der Waals surface area contributed by atoms with Gasteiger partial charge in [0.2, 0.25) is 0 Å². The van der Waals surface area contributed by atoms with Crippen LogP contribution in [0, 0.1) is 18.8 Å². The second-order valence-electron chi connectivity index (χ2n) is 3.42. The number of hydrogen-bond acceptors (Lipinski definition) is 3. The van der Waals surface area contributed by atoms with Crippen molar-refractivity contribution in [2.45, 2.75) is 13.3 Å². The molecule has 5 nitrogen and oxygen atoms in total. The molecule has 0 bridgehead atoms. The third kappa shape index (κ3) is 2.77. The number of oxazole rings is 1. The largest absolute Gasteiger partial charge is 0.441 e. The smallest absolute Gasteiger partial charge is 0.192 e. The highest BCUT2D eigenvalue weighted by molar-refractivity contribution is 5.74. The van der Waals surface area contributed by atoms with Gasteiger partial charge in [-0.3, -0.25) is 0 Å². The van der Waals surface area contributed by atoms with Gasteiger partial charge in [0, 0.05) is 30.4 Å². The maximum absolute atomic E-state index is 8.09. The summed E-state index contributed by atoms with van der Waals surface area (Å²) in [6.45, 7) is 2.21. The minimum atomic E-state index is 0.396. The second-order valence-corrected chi connectivity index (χ2v) is 3.42. The number of fused-ring (bicyclic) bond motifs is 1. The first-order chi connectivity index (χ1) is 8.29. The van der Waals surface area contributed by atoms with Crippen molar-refractivity contribution in [3.8, 4) is 11.8 Å². The van der Waals surface area contributed by atoms with Crippen molar-refractivity contribution in [3.63, 3.8) is 0 Å². The van der Waals surface area contributed by atoms with E-state index in [0.29, 0.717) is 18.9 Å². The van der Waals surface area contributed by atoms with E-state index in [4.69, 9.17) is 9.95 Å². The van der Waals surface area contributed by atoms with Crippen LogP contribution in [-0.4, -0.2) is 11.5 Å². The fourth-order valence-electron chi connectivity index (χ4n) is 1.43. The molecular weight excluding hydrogens is 216 g/mol. The lowest BCUT2D eigenvalue weighted by atomic mass is 10.2. The Morgan fingerprint density at radius 1 is 1.53 bits per heavy atom. The van der Waals surface area contributed by atoms with Crippen molar-refractivity contribution >= 4 is 11.1 Å². The van der Waals surface area contributed by atoms with Gasteiger partial charge in [0.05, 0.1) is 0 Å². The highest BCUT2D eigenvalue weighted by atomic mass is 16.3. The molecule has 0 radical (unpaired) electrons. The van der Waals surface area contributed by atoms with Crippen molar-refractivity contribution in [1.82, 2.24) is 4.98 Å². The van der Waals surface area contributed by atoms with Crippen LogP contribution in [0.5, 0.6) is 0 Å². The van der Waals surface area contributed by atoms with Crippen LogP contribution in [0.4, 0.5) is 0 Å². The van der Waals surface area contributed by atoms with Gasteiger partial charge in [-0.1, -0.05) is 17.0 Å². The molecule has 0 aliphatic carbocycles. The normalized spacial score (nSPS) is 9.47. The Balaban J connectivity index is 2.15. The molecule has 0 unspecified atom stereocenters. The first-order valence-corrected chi connectivity index (χ1v) is 5.16. The summed E-state index contributed by atoms with van der Waals surface area (Å²) in [7, 11) is 0. The van der Waals surface area contributed by atoms with Crippen molar-refractivity contribution in [2.24, 2.45) is 5.11 Å². The van der Waals surface area contributed by atoms with E-state index in [2.05, 4.69) is 26.9 Å². The molecule has 84 valence electrons. The molecule has 5 heteroatoms. The van der Waals surface area contributed by atoms with Crippen LogP contribution in [0.1, 0.15) is 17.9 Å². The minimum absolute atomic E-state index is 0.396. The van der Waals surface area contributed by atoms with E-state index < -0.39 is 0 Å². The number of aryl methyl sites for hydroxylation is 1. The first-order valence-electron chi connectivity index (χ1n) is 5.16. The van der Waals surface area contributed by atoms with Crippen LogP contribution in [0.15, 0.2) is 27.7 Å². The number of benzene rings is 1. The summed E-state index contributed by atoms with van der Waals surface area (Å²) in [6.07, 6.45) is 0.553. The zero-order valence-corrected chi connectivity index (χ0v) is 9.34. The zero-order valence-electron chi connectivity index (χ0n) is 9.34. The lowest BCUT2D eigenvalue weighted by Gasteiger charge is -1.89. The van der Waals surface area contributed by atoms with Gasteiger partial charge in [-0.2, -0.15) is 0 Å². The molecule has 17 heavy (non-hydrogen) atoms. The van der Waals surface area contributed by atoms with Crippen LogP contribution < -0.4 is 0 Å². The van der Waals surface area contributed by atoms with E-state index in [0.717, 1.165) is 16.7 Å². The summed E-state index contributed by atoms with van der Waals surface area (Å²) in [5.74, 6) is 6.56. The molecule has 1 aromatic carbocycles. The third-order valence-corrected chi connectivity index (χ3v) is 2.13. The van der Waals surface area contributed by atoms with Gasteiger partial charge in [-0.25, -0.2) is 4.98 Å². The molecule has 0 atom stereocenters. The quantitative estimate of drug-likeness (QED) is 0.259. The van der Waals surface area contributed by atoms with E-state index in [-0.39, 0.29) is 0 Å². The van der Waals surface area contributed by atoms with E-state index in [1.54, 1.807) is 0 Å². The summed E-state index contributed by atoms with van der Waals surface area (Å²) in [4.78, 5) is 6.86. The Bertz CT molecular complexity index is 641. The fraction of sp³-hybridized carbons (Fsp3) is 0.250. The number of nitrogens with zero attached hydrogens (tertiary/aromatic N) is 4. The molecule has 0 N–H and O–H groups in total. The van der Waals surface area contributed by atoms with Gasteiger partial charge >= 0.3 is 0 Å². The monoisotopic (exact) mass is 226 g/mol. The molecule has 0 aliphatic heterocycles. The Kier molecular flexibility index (Phi) is 3.29. The van der Waals surface area contributed by atoms with Crippen LogP contribution >= 0.6 is 0 Å². The van der Waals surface area contributed by atoms with Gasteiger partial charge in [0.25, 0.3) is 0 Å². The van der Waals surface area contributed by atoms with E-state index in [1.165, 1.54) is 0 Å². The maximum atomic E-state index is 8.09. The number of hydrogen-bond donors (Lipinski definition) is 0. The second kappa shape index (κ2) is 5.06. The third-order valence-electron chi connectivity index (χ3n) is 2.13. The van der Waals surface area contributed by atoms with Crippen molar-refractivity contribution < 1.29 is 4.42 Å².